The smallest absolute Gasteiger partial charge is 0.253 e. The van der Waals surface area contributed by atoms with Crippen LogP contribution < -0.4 is 10.6 Å². The Morgan fingerprint density at radius 3 is 2.63 bits per heavy atom. The molecule has 1 aromatic carbocycles. The lowest BCUT2D eigenvalue weighted by Gasteiger charge is -2.17. The molecule has 0 unspecified atom stereocenters. The molecule has 8 nitrogen and oxygen atoms in total. The molecule has 142 valence electrons. The third kappa shape index (κ3) is 5.22. The van der Waals surface area contributed by atoms with E-state index in [0.717, 1.165) is 4.31 Å². The first kappa shape index (κ1) is 20.3. The van der Waals surface area contributed by atoms with Crippen molar-refractivity contribution < 1.29 is 18.0 Å². The highest BCUT2D eigenvalue weighted by Gasteiger charge is 2.23. The highest BCUT2D eigenvalue weighted by Crippen LogP contribution is 2.16. The van der Waals surface area contributed by atoms with Gasteiger partial charge < -0.3 is 10.6 Å². The van der Waals surface area contributed by atoms with Crippen molar-refractivity contribution in [1.29, 1.82) is 0 Å². The SMILES string of the molecule is C=CCNC(=O)c1ccccc1NC(=O)CN(C)S(=O)(=O)c1cccnc1. The Labute approximate surface area is 158 Å². The average molecular weight is 388 g/mol. The van der Waals surface area contributed by atoms with Gasteiger partial charge in [0.25, 0.3) is 5.91 Å². The Morgan fingerprint density at radius 1 is 1.22 bits per heavy atom. The van der Waals surface area contributed by atoms with Crippen molar-refractivity contribution >= 4 is 27.5 Å². The number of hydrogen-bond acceptors (Lipinski definition) is 5. The number of carbonyl (C=O) groups excluding carboxylic acids is 2. The normalized spacial score (nSPS) is 11.0. The molecule has 0 spiro atoms. The van der Waals surface area contributed by atoms with E-state index in [9.17, 15) is 18.0 Å². The molecule has 0 aliphatic heterocycles. The van der Waals surface area contributed by atoms with Gasteiger partial charge in [-0.3, -0.25) is 14.6 Å². The number of para-hydroxylation sites is 1. The van der Waals surface area contributed by atoms with E-state index in [2.05, 4.69) is 22.2 Å². The maximum absolute atomic E-state index is 12.4. The molecule has 1 aromatic heterocycles. The first-order valence-electron chi connectivity index (χ1n) is 8.00. The Hall–Kier alpha value is -3.04. The van der Waals surface area contributed by atoms with E-state index in [4.69, 9.17) is 0 Å². The molecule has 0 fully saturated rings. The fraction of sp³-hybridized carbons (Fsp3) is 0.167. The number of nitrogens with one attached hydrogen (secondary N) is 2. The minimum atomic E-state index is -3.85. The van der Waals surface area contributed by atoms with Crippen molar-refractivity contribution in [2.24, 2.45) is 0 Å². The molecule has 0 aliphatic rings. The molecule has 9 heteroatoms. The van der Waals surface area contributed by atoms with Gasteiger partial charge in [0.1, 0.15) is 4.90 Å². The third-order valence-corrected chi connectivity index (χ3v) is 5.35. The Morgan fingerprint density at radius 2 is 1.96 bits per heavy atom. The molecule has 0 saturated carbocycles. The van der Waals surface area contributed by atoms with E-state index in [-0.39, 0.29) is 28.6 Å². The van der Waals surface area contributed by atoms with Gasteiger partial charge in [0, 0.05) is 26.0 Å². The zero-order valence-corrected chi connectivity index (χ0v) is 15.6. The quantitative estimate of drug-likeness (QED) is 0.662. The summed E-state index contributed by atoms with van der Waals surface area (Å²) in [5.41, 5.74) is 0.557. The number of rotatable bonds is 8. The Balaban J connectivity index is 2.10. The first-order valence-corrected chi connectivity index (χ1v) is 9.44. The van der Waals surface area contributed by atoms with Crippen LogP contribution in [0.15, 0.2) is 66.3 Å². The van der Waals surface area contributed by atoms with Crippen LogP contribution in [-0.2, 0) is 14.8 Å². The van der Waals surface area contributed by atoms with E-state index < -0.39 is 22.5 Å². The fourth-order valence-electron chi connectivity index (χ4n) is 2.21. The van der Waals surface area contributed by atoms with Crippen LogP contribution in [0.1, 0.15) is 10.4 Å². The lowest BCUT2D eigenvalue weighted by molar-refractivity contribution is -0.116. The molecule has 1 heterocycles. The van der Waals surface area contributed by atoms with Crippen LogP contribution in [0.4, 0.5) is 5.69 Å². The van der Waals surface area contributed by atoms with Gasteiger partial charge in [-0.1, -0.05) is 18.2 Å². The number of carbonyl (C=O) groups is 2. The maximum Gasteiger partial charge on any atom is 0.253 e. The van der Waals surface area contributed by atoms with Crippen molar-refractivity contribution in [2.45, 2.75) is 4.90 Å². The minimum Gasteiger partial charge on any atom is -0.349 e. The molecule has 2 amide bonds. The van der Waals surface area contributed by atoms with Crippen molar-refractivity contribution in [1.82, 2.24) is 14.6 Å². The summed E-state index contributed by atoms with van der Waals surface area (Å²) < 4.78 is 25.8. The molecule has 2 rings (SSSR count). The van der Waals surface area contributed by atoms with Gasteiger partial charge in [-0.05, 0) is 24.3 Å². The van der Waals surface area contributed by atoms with Crippen LogP contribution in [0.25, 0.3) is 0 Å². The zero-order chi connectivity index (χ0) is 19.9. The predicted molar refractivity (Wildman–Crippen MR) is 102 cm³/mol. The zero-order valence-electron chi connectivity index (χ0n) is 14.8. The van der Waals surface area contributed by atoms with Gasteiger partial charge in [0.05, 0.1) is 17.8 Å². The number of aromatic nitrogens is 1. The van der Waals surface area contributed by atoms with E-state index in [1.165, 1.54) is 37.7 Å². The molecule has 0 radical (unpaired) electrons. The highest BCUT2D eigenvalue weighted by atomic mass is 32.2. The molecule has 2 N–H and O–H groups in total. The van der Waals surface area contributed by atoms with E-state index in [1.807, 2.05) is 0 Å². The van der Waals surface area contributed by atoms with Crippen LogP contribution in [0.2, 0.25) is 0 Å². The summed E-state index contributed by atoms with van der Waals surface area (Å²) in [5, 5.41) is 5.20. The van der Waals surface area contributed by atoms with Crippen LogP contribution in [-0.4, -0.2) is 49.7 Å². The summed E-state index contributed by atoms with van der Waals surface area (Å²) in [6.07, 6.45) is 4.21. The van der Waals surface area contributed by atoms with Crippen molar-refractivity contribution in [3.8, 4) is 0 Å². The van der Waals surface area contributed by atoms with Crippen molar-refractivity contribution in [3.63, 3.8) is 0 Å². The second kappa shape index (κ2) is 9.06. The average Bonchev–Trinajstić information content (AvgIpc) is 2.67. The fourth-order valence-corrected chi connectivity index (χ4v) is 3.30. The summed E-state index contributed by atoms with van der Waals surface area (Å²) in [5.74, 6) is -0.948. The molecule has 0 aliphatic carbocycles. The second-order valence-electron chi connectivity index (χ2n) is 5.54. The standard InChI is InChI=1S/C18H20N4O4S/c1-3-10-20-18(24)15-8-4-5-9-16(15)21-17(23)13-22(2)27(25,26)14-7-6-11-19-12-14/h3-9,11-12H,1,10,13H2,2H3,(H,20,24)(H,21,23). The summed E-state index contributed by atoms with van der Waals surface area (Å²) in [6, 6.07) is 9.35. The number of likely N-dealkylation sites (N-methyl/N-ethyl adjacent to an activating group) is 1. The number of sulfonamides is 1. The van der Waals surface area contributed by atoms with Crippen molar-refractivity contribution in [3.05, 3.63) is 67.0 Å². The van der Waals surface area contributed by atoms with Gasteiger partial charge in [0.15, 0.2) is 0 Å². The third-order valence-electron chi connectivity index (χ3n) is 3.56. The molecular weight excluding hydrogens is 368 g/mol. The lowest BCUT2D eigenvalue weighted by Crippen LogP contribution is -2.35. The number of nitrogens with zero attached hydrogens (tertiary/aromatic N) is 2. The van der Waals surface area contributed by atoms with E-state index in [0.29, 0.717) is 0 Å². The van der Waals surface area contributed by atoms with Crippen LogP contribution in [0, 0.1) is 0 Å². The monoisotopic (exact) mass is 388 g/mol. The van der Waals surface area contributed by atoms with E-state index >= 15 is 0 Å². The van der Waals surface area contributed by atoms with E-state index in [1.54, 1.807) is 24.3 Å². The van der Waals surface area contributed by atoms with Gasteiger partial charge in [-0.15, -0.1) is 6.58 Å². The van der Waals surface area contributed by atoms with Crippen LogP contribution in [0.3, 0.4) is 0 Å². The summed E-state index contributed by atoms with van der Waals surface area (Å²) in [7, 11) is -2.55. The number of pyridine rings is 1. The predicted octanol–water partition coefficient (Wildman–Crippen LogP) is 1.26. The van der Waals surface area contributed by atoms with Gasteiger partial charge in [0.2, 0.25) is 15.9 Å². The molecule has 2 aromatic rings. The first-order chi connectivity index (χ1) is 12.9. The molecule has 27 heavy (non-hydrogen) atoms. The lowest BCUT2D eigenvalue weighted by atomic mass is 10.1. The minimum absolute atomic E-state index is 0.00972. The summed E-state index contributed by atoms with van der Waals surface area (Å²) in [6.45, 7) is 3.39. The van der Waals surface area contributed by atoms with Crippen molar-refractivity contribution in [2.75, 3.05) is 25.5 Å². The number of amides is 2. The van der Waals surface area contributed by atoms with Gasteiger partial charge in [-0.2, -0.15) is 4.31 Å². The van der Waals surface area contributed by atoms with Crippen LogP contribution >= 0.6 is 0 Å². The van der Waals surface area contributed by atoms with Crippen LogP contribution in [0.5, 0.6) is 0 Å². The van der Waals surface area contributed by atoms with Gasteiger partial charge in [-0.25, -0.2) is 8.42 Å². The largest absolute Gasteiger partial charge is 0.349 e. The second-order valence-corrected chi connectivity index (χ2v) is 7.59. The molecule has 0 bridgehead atoms. The summed E-state index contributed by atoms with van der Waals surface area (Å²) in [4.78, 5) is 28.2. The number of benzene rings is 1. The Bertz CT molecular complexity index is 929. The number of anilines is 1. The van der Waals surface area contributed by atoms with Gasteiger partial charge >= 0.3 is 0 Å². The molecule has 0 atom stereocenters. The number of hydrogen-bond donors (Lipinski definition) is 2. The maximum atomic E-state index is 12.4. The Kier molecular flexibility index (Phi) is 6.80. The topological polar surface area (TPSA) is 108 Å². The summed E-state index contributed by atoms with van der Waals surface area (Å²) >= 11 is 0. The highest BCUT2D eigenvalue weighted by molar-refractivity contribution is 7.89. The molecular formula is C18H20N4O4S. The molecule has 0 saturated heterocycles.